The third-order valence-corrected chi connectivity index (χ3v) is 4.10. The predicted octanol–water partition coefficient (Wildman–Crippen LogP) is 3.17. The first-order valence-electron chi connectivity index (χ1n) is 6.92. The first-order valence-corrected chi connectivity index (χ1v) is 6.92. The molecule has 0 heterocycles. The number of halogens is 1. The molecular formula is C17H18FNO3. The smallest absolute Gasteiger partial charge is 0.313 e. The molecule has 1 aromatic carbocycles. The number of hydrogen-bond acceptors (Lipinski definition) is 3. The van der Waals surface area contributed by atoms with Gasteiger partial charge >= 0.3 is 5.97 Å². The molecule has 0 radical (unpaired) electrons. The number of Topliss-reactive ketones (excluding diaryl/α,β-unsaturated/α-hetero) is 1. The summed E-state index contributed by atoms with van der Waals surface area (Å²) in [5, 5.41) is 12.4. The number of carboxylic acids is 1. The predicted molar refractivity (Wildman–Crippen MR) is 82.4 cm³/mol. The second kappa shape index (κ2) is 5.75. The van der Waals surface area contributed by atoms with E-state index < -0.39 is 29.0 Å². The van der Waals surface area contributed by atoms with Crippen molar-refractivity contribution in [1.82, 2.24) is 0 Å². The molecule has 1 aliphatic carbocycles. The number of nitrogens with one attached hydrogen (secondary N) is 1. The number of carbonyl (C=O) groups excluding carboxylic acids is 1. The van der Waals surface area contributed by atoms with Crippen molar-refractivity contribution in [3.8, 4) is 0 Å². The summed E-state index contributed by atoms with van der Waals surface area (Å²) in [6.45, 7) is 5.03. The topological polar surface area (TPSA) is 66.4 Å². The number of rotatable bonds is 4. The van der Waals surface area contributed by atoms with Crippen LogP contribution in [0.4, 0.5) is 10.1 Å². The Morgan fingerprint density at radius 3 is 2.59 bits per heavy atom. The zero-order valence-corrected chi connectivity index (χ0v) is 12.7. The first kappa shape index (κ1) is 15.9. The molecule has 5 heteroatoms. The van der Waals surface area contributed by atoms with Crippen molar-refractivity contribution in [1.29, 1.82) is 0 Å². The van der Waals surface area contributed by atoms with E-state index in [1.807, 2.05) is 19.9 Å². The van der Waals surface area contributed by atoms with Gasteiger partial charge in [-0.15, -0.1) is 0 Å². The molecule has 2 atom stereocenters. The van der Waals surface area contributed by atoms with Gasteiger partial charge in [0, 0.05) is 5.69 Å². The van der Waals surface area contributed by atoms with Gasteiger partial charge in [-0.3, -0.25) is 9.59 Å². The van der Waals surface area contributed by atoms with Crippen molar-refractivity contribution in [3.63, 3.8) is 0 Å². The van der Waals surface area contributed by atoms with Gasteiger partial charge in [0.15, 0.2) is 5.78 Å². The van der Waals surface area contributed by atoms with E-state index >= 15 is 0 Å². The van der Waals surface area contributed by atoms with Gasteiger partial charge in [0.05, 0.1) is 0 Å². The number of hydrogen-bond donors (Lipinski definition) is 2. The number of benzene rings is 1. The molecule has 116 valence electrons. The van der Waals surface area contributed by atoms with E-state index in [-0.39, 0.29) is 0 Å². The largest absolute Gasteiger partial charge is 0.481 e. The highest BCUT2D eigenvalue weighted by Gasteiger charge is 2.46. The number of anilines is 1. The second-order valence-corrected chi connectivity index (χ2v) is 5.50. The van der Waals surface area contributed by atoms with E-state index in [4.69, 9.17) is 0 Å². The molecule has 22 heavy (non-hydrogen) atoms. The number of allylic oxidation sites excluding steroid dienone is 2. The Morgan fingerprint density at radius 1 is 1.32 bits per heavy atom. The van der Waals surface area contributed by atoms with Crippen molar-refractivity contribution in [2.75, 3.05) is 5.32 Å². The molecule has 0 spiro atoms. The molecule has 0 fully saturated rings. The van der Waals surface area contributed by atoms with E-state index in [0.29, 0.717) is 5.69 Å². The van der Waals surface area contributed by atoms with Crippen molar-refractivity contribution in [3.05, 3.63) is 53.4 Å². The van der Waals surface area contributed by atoms with Gasteiger partial charge in [0.1, 0.15) is 17.3 Å². The summed E-state index contributed by atoms with van der Waals surface area (Å²) < 4.78 is 13.7. The SMILES string of the molecule is CC(=O)C1(Nc2cccc(C)c2C)C=C(F)C=CC1C(=O)O. The van der Waals surface area contributed by atoms with E-state index in [1.165, 1.54) is 13.0 Å². The molecule has 0 saturated carbocycles. The summed E-state index contributed by atoms with van der Waals surface area (Å²) in [5.41, 5.74) is 0.853. The Bertz CT molecular complexity index is 693. The number of aryl methyl sites for hydroxylation is 1. The van der Waals surface area contributed by atoms with Crippen molar-refractivity contribution in [2.45, 2.75) is 26.3 Å². The van der Waals surface area contributed by atoms with E-state index in [0.717, 1.165) is 23.3 Å². The summed E-state index contributed by atoms with van der Waals surface area (Å²) in [7, 11) is 0. The summed E-state index contributed by atoms with van der Waals surface area (Å²) in [4.78, 5) is 23.7. The van der Waals surface area contributed by atoms with Crippen LogP contribution in [0, 0.1) is 19.8 Å². The molecule has 2 N–H and O–H groups in total. The maximum absolute atomic E-state index is 13.7. The molecular weight excluding hydrogens is 285 g/mol. The van der Waals surface area contributed by atoms with Crippen LogP contribution in [0.15, 0.2) is 42.3 Å². The van der Waals surface area contributed by atoms with Crippen LogP contribution in [0.3, 0.4) is 0 Å². The van der Waals surface area contributed by atoms with Gasteiger partial charge in [-0.2, -0.15) is 0 Å². The number of aliphatic carboxylic acids is 1. The molecule has 4 nitrogen and oxygen atoms in total. The van der Waals surface area contributed by atoms with Crippen LogP contribution in [0.2, 0.25) is 0 Å². The highest BCUT2D eigenvalue weighted by Crippen LogP contribution is 2.34. The Morgan fingerprint density at radius 2 is 2.00 bits per heavy atom. The zero-order chi connectivity index (χ0) is 16.5. The molecule has 1 aliphatic rings. The van der Waals surface area contributed by atoms with Gasteiger partial charge in [-0.25, -0.2) is 4.39 Å². The molecule has 0 amide bonds. The lowest BCUT2D eigenvalue weighted by atomic mass is 9.77. The van der Waals surface area contributed by atoms with Crippen LogP contribution in [0.1, 0.15) is 18.1 Å². The minimum atomic E-state index is -1.64. The standard InChI is InChI=1S/C17H18FNO3/c1-10-5-4-6-15(11(10)2)19-17(12(3)20)9-13(18)7-8-14(17)16(21)22/h4-9,14,19H,1-3H3,(H,21,22). The maximum atomic E-state index is 13.7. The summed E-state index contributed by atoms with van der Waals surface area (Å²) in [5.74, 6) is -3.46. The van der Waals surface area contributed by atoms with Crippen LogP contribution in [0.5, 0.6) is 0 Å². The number of carbonyl (C=O) groups is 2. The number of carboxylic acid groups (broad SMARTS) is 1. The second-order valence-electron chi connectivity index (χ2n) is 5.50. The average molecular weight is 303 g/mol. The Labute approximate surface area is 128 Å². The van der Waals surface area contributed by atoms with Gasteiger partial charge in [0.25, 0.3) is 0 Å². The third-order valence-electron chi connectivity index (χ3n) is 4.10. The lowest BCUT2D eigenvalue weighted by Gasteiger charge is -2.36. The van der Waals surface area contributed by atoms with Crippen molar-refractivity contribution < 1.29 is 19.1 Å². The normalized spacial score (nSPS) is 23.8. The molecule has 0 aromatic heterocycles. The summed E-state index contributed by atoms with van der Waals surface area (Å²) >= 11 is 0. The molecule has 2 rings (SSSR count). The quantitative estimate of drug-likeness (QED) is 0.896. The molecule has 0 aliphatic heterocycles. The highest BCUT2D eigenvalue weighted by atomic mass is 19.1. The molecule has 0 saturated heterocycles. The third kappa shape index (κ3) is 2.66. The maximum Gasteiger partial charge on any atom is 0.313 e. The Hall–Kier alpha value is -2.43. The van der Waals surface area contributed by atoms with Gasteiger partial charge in [-0.05, 0) is 50.1 Å². The van der Waals surface area contributed by atoms with E-state index in [9.17, 15) is 19.1 Å². The fraction of sp³-hybridized carbons (Fsp3) is 0.294. The van der Waals surface area contributed by atoms with Gasteiger partial charge in [0.2, 0.25) is 0 Å². The van der Waals surface area contributed by atoms with Crippen LogP contribution >= 0.6 is 0 Å². The molecule has 2 unspecified atom stereocenters. The fourth-order valence-corrected chi connectivity index (χ4v) is 2.60. The fourth-order valence-electron chi connectivity index (χ4n) is 2.60. The first-order chi connectivity index (χ1) is 10.3. The lowest BCUT2D eigenvalue weighted by molar-refractivity contribution is -0.143. The van der Waals surface area contributed by atoms with Crippen LogP contribution in [-0.2, 0) is 9.59 Å². The Balaban J connectivity index is 2.57. The zero-order valence-electron chi connectivity index (χ0n) is 12.7. The minimum Gasteiger partial charge on any atom is -0.481 e. The highest BCUT2D eigenvalue weighted by molar-refractivity contribution is 5.98. The minimum absolute atomic E-state index is 0.458. The number of ketones is 1. The van der Waals surface area contributed by atoms with Crippen LogP contribution < -0.4 is 5.32 Å². The van der Waals surface area contributed by atoms with Gasteiger partial charge < -0.3 is 10.4 Å². The van der Waals surface area contributed by atoms with E-state index in [2.05, 4.69) is 5.32 Å². The summed E-state index contributed by atoms with van der Waals surface area (Å²) in [6.07, 6.45) is 3.33. The van der Waals surface area contributed by atoms with Crippen LogP contribution in [-0.4, -0.2) is 22.4 Å². The lowest BCUT2D eigenvalue weighted by Crippen LogP contribution is -2.53. The monoisotopic (exact) mass is 303 g/mol. The summed E-state index contributed by atoms with van der Waals surface area (Å²) in [6, 6.07) is 5.45. The van der Waals surface area contributed by atoms with Crippen LogP contribution in [0.25, 0.3) is 0 Å². The molecule has 0 bridgehead atoms. The van der Waals surface area contributed by atoms with Crippen molar-refractivity contribution in [2.24, 2.45) is 5.92 Å². The van der Waals surface area contributed by atoms with Gasteiger partial charge in [-0.1, -0.05) is 18.2 Å². The average Bonchev–Trinajstić information content (AvgIpc) is 2.43. The van der Waals surface area contributed by atoms with E-state index in [1.54, 1.807) is 12.1 Å². The molecule has 1 aromatic rings. The van der Waals surface area contributed by atoms with Crippen molar-refractivity contribution >= 4 is 17.4 Å². The Kier molecular flexibility index (Phi) is 4.17.